The highest BCUT2D eigenvalue weighted by atomic mass is 16.6. The van der Waals surface area contributed by atoms with Crippen LogP contribution in [0.3, 0.4) is 0 Å². The zero-order valence-electron chi connectivity index (χ0n) is 30.6. The number of ether oxygens (including phenoxy) is 2. The minimum Gasteiger partial charge on any atom is -0.463 e. The van der Waals surface area contributed by atoms with Crippen molar-refractivity contribution in [2.45, 2.75) is 226 Å². The Morgan fingerprint density at radius 1 is 0.444 bits per heavy atom. The minimum atomic E-state index is -0.955. The molecule has 0 saturated heterocycles. The second-order valence-corrected chi connectivity index (χ2v) is 14.2. The van der Waals surface area contributed by atoms with Gasteiger partial charge in [0.2, 0.25) is 0 Å². The van der Waals surface area contributed by atoms with Gasteiger partial charge < -0.3 is 14.6 Å². The van der Waals surface area contributed by atoms with E-state index in [4.69, 9.17) is 9.47 Å². The molecule has 0 saturated carbocycles. The van der Waals surface area contributed by atoms with Gasteiger partial charge in [0, 0.05) is 12.8 Å². The first-order valence-electron chi connectivity index (χ1n) is 19.9. The van der Waals surface area contributed by atoms with Gasteiger partial charge in [-0.3, -0.25) is 9.59 Å². The van der Waals surface area contributed by atoms with Crippen LogP contribution in [0, 0.1) is 5.92 Å². The Labute approximate surface area is 280 Å². The van der Waals surface area contributed by atoms with Gasteiger partial charge in [0.25, 0.3) is 0 Å². The molecule has 0 aromatic carbocycles. The third kappa shape index (κ3) is 37.2. The fourth-order valence-corrected chi connectivity index (χ4v) is 5.98. The van der Waals surface area contributed by atoms with Crippen molar-refractivity contribution in [3.05, 3.63) is 0 Å². The third-order valence-corrected chi connectivity index (χ3v) is 9.02. The fourth-order valence-electron chi connectivity index (χ4n) is 5.98. The Morgan fingerprint density at radius 3 is 1.00 bits per heavy atom. The van der Waals surface area contributed by atoms with E-state index in [1.807, 2.05) is 0 Å². The average molecular weight is 639 g/mol. The van der Waals surface area contributed by atoms with Gasteiger partial charge in [-0.25, -0.2) is 0 Å². The molecule has 0 aromatic heterocycles. The van der Waals surface area contributed by atoms with Gasteiger partial charge in [0.05, 0.1) is 0 Å². The number of carbonyl (C=O) groups excluding carboxylic acids is 2. The molecule has 1 N–H and O–H groups in total. The summed E-state index contributed by atoms with van der Waals surface area (Å²) in [5.41, 5.74) is 0. The molecule has 0 fully saturated rings. The predicted octanol–water partition coefficient (Wildman–Crippen LogP) is 12.2. The smallest absolute Gasteiger partial charge is 0.305 e. The molecular weight excluding hydrogens is 560 g/mol. The largest absolute Gasteiger partial charge is 0.463 e. The van der Waals surface area contributed by atoms with Gasteiger partial charge >= 0.3 is 11.9 Å². The monoisotopic (exact) mass is 639 g/mol. The Bertz CT molecular complexity index is 620. The maximum Gasteiger partial charge on any atom is 0.305 e. The van der Waals surface area contributed by atoms with Crippen molar-refractivity contribution in [2.75, 3.05) is 13.2 Å². The van der Waals surface area contributed by atoms with Crippen molar-refractivity contribution in [2.24, 2.45) is 5.92 Å². The number of unbranched alkanes of at least 4 members (excludes halogenated alkanes) is 26. The van der Waals surface area contributed by atoms with Crippen LogP contribution in [-0.4, -0.2) is 36.4 Å². The lowest BCUT2D eigenvalue weighted by Gasteiger charge is -2.12. The quantitative estimate of drug-likeness (QED) is 0.0546. The highest BCUT2D eigenvalue weighted by molar-refractivity contribution is 5.69. The molecule has 5 heteroatoms. The Kier molecular flexibility index (Phi) is 34.9. The molecule has 0 aromatic rings. The number of rotatable bonds is 36. The molecule has 45 heavy (non-hydrogen) atoms. The van der Waals surface area contributed by atoms with E-state index in [1.54, 1.807) is 0 Å². The Hall–Kier alpha value is -1.10. The number of hydrogen-bond acceptors (Lipinski definition) is 5. The van der Waals surface area contributed by atoms with Gasteiger partial charge in [-0.2, -0.15) is 0 Å². The maximum atomic E-state index is 12.0. The van der Waals surface area contributed by atoms with E-state index in [9.17, 15) is 14.7 Å². The summed E-state index contributed by atoms with van der Waals surface area (Å²) in [7, 11) is 0. The summed E-state index contributed by atoms with van der Waals surface area (Å²) < 4.78 is 10.3. The van der Waals surface area contributed by atoms with Gasteiger partial charge in [-0.1, -0.05) is 194 Å². The van der Waals surface area contributed by atoms with Crippen molar-refractivity contribution in [3.63, 3.8) is 0 Å². The fraction of sp³-hybridized carbons (Fsp3) is 0.950. The van der Waals surface area contributed by atoms with Crippen LogP contribution in [0.4, 0.5) is 0 Å². The van der Waals surface area contributed by atoms with Crippen molar-refractivity contribution < 1.29 is 24.2 Å². The molecule has 0 amide bonds. The van der Waals surface area contributed by atoms with Crippen molar-refractivity contribution in [1.82, 2.24) is 0 Å². The van der Waals surface area contributed by atoms with Crippen LogP contribution in [0.5, 0.6) is 0 Å². The normalized spacial score (nSPS) is 12.1. The molecule has 268 valence electrons. The van der Waals surface area contributed by atoms with Crippen molar-refractivity contribution >= 4 is 11.9 Å². The number of esters is 2. The summed E-state index contributed by atoms with van der Waals surface area (Å²) in [6, 6.07) is 0. The molecule has 1 atom stereocenters. The van der Waals surface area contributed by atoms with Crippen LogP contribution in [0.2, 0.25) is 0 Å². The van der Waals surface area contributed by atoms with Crippen LogP contribution in [0.25, 0.3) is 0 Å². The zero-order chi connectivity index (χ0) is 33.1. The van der Waals surface area contributed by atoms with Gasteiger partial charge in [0.15, 0.2) is 0 Å². The van der Waals surface area contributed by atoms with E-state index >= 15 is 0 Å². The van der Waals surface area contributed by atoms with E-state index in [-0.39, 0.29) is 25.2 Å². The number of carbonyl (C=O) groups is 2. The molecule has 0 heterocycles. The molecule has 0 aliphatic heterocycles. The maximum absolute atomic E-state index is 12.0. The van der Waals surface area contributed by atoms with Gasteiger partial charge in [-0.15, -0.1) is 0 Å². The van der Waals surface area contributed by atoms with E-state index in [0.29, 0.717) is 12.8 Å². The lowest BCUT2D eigenvalue weighted by atomic mass is 10.0. The van der Waals surface area contributed by atoms with Crippen molar-refractivity contribution in [3.8, 4) is 0 Å². The highest BCUT2D eigenvalue weighted by Gasteiger charge is 2.12. The summed E-state index contributed by atoms with van der Waals surface area (Å²) in [6.07, 6.45) is 37.3. The molecule has 0 aliphatic rings. The number of aliphatic hydroxyl groups excluding tert-OH is 1. The standard InChI is InChI=1S/C40H78O5/c1-4-5-6-7-8-9-10-11-12-15-18-21-24-27-30-33-39(42)44-35-38(41)36-45-40(43)34-31-28-25-22-19-16-13-14-17-20-23-26-29-32-37(2)3/h37-38,41H,4-36H2,1-3H3/t38-/m0/s1. The molecule has 0 bridgehead atoms. The molecule has 0 radical (unpaired) electrons. The van der Waals surface area contributed by atoms with Crippen LogP contribution in [0.15, 0.2) is 0 Å². The van der Waals surface area contributed by atoms with E-state index in [1.165, 1.54) is 161 Å². The minimum absolute atomic E-state index is 0.108. The lowest BCUT2D eigenvalue weighted by molar-refractivity contribution is -0.152. The predicted molar refractivity (Wildman–Crippen MR) is 192 cm³/mol. The molecule has 0 rings (SSSR count). The lowest BCUT2D eigenvalue weighted by Crippen LogP contribution is -2.25. The Balaban J connectivity index is 3.38. The molecule has 5 nitrogen and oxygen atoms in total. The summed E-state index contributed by atoms with van der Waals surface area (Å²) >= 11 is 0. The second kappa shape index (κ2) is 35.7. The summed E-state index contributed by atoms with van der Waals surface area (Å²) in [5.74, 6) is 0.297. The van der Waals surface area contributed by atoms with E-state index in [2.05, 4.69) is 20.8 Å². The molecular formula is C40H78O5. The molecule has 0 aliphatic carbocycles. The SMILES string of the molecule is CCCCCCCCCCCCCCCCCC(=O)OC[C@H](O)COC(=O)CCCCCCCCCCCCCCCC(C)C. The van der Waals surface area contributed by atoms with Crippen LogP contribution in [0.1, 0.15) is 220 Å². The zero-order valence-corrected chi connectivity index (χ0v) is 30.6. The first-order chi connectivity index (χ1) is 22.0. The van der Waals surface area contributed by atoms with Crippen molar-refractivity contribution in [1.29, 1.82) is 0 Å². The summed E-state index contributed by atoms with van der Waals surface area (Å²) in [4.78, 5) is 23.9. The third-order valence-electron chi connectivity index (χ3n) is 9.02. The van der Waals surface area contributed by atoms with E-state index in [0.717, 1.165) is 31.6 Å². The number of hydrogen-bond donors (Lipinski definition) is 1. The second-order valence-electron chi connectivity index (χ2n) is 14.2. The van der Waals surface area contributed by atoms with E-state index < -0.39 is 6.10 Å². The first kappa shape index (κ1) is 43.9. The van der Waals surface area contributed by atoms with Crippen LogP contribution in [-0.2, 0) is 19.1 Å². The molecule has 0 unspecified atom stereocenters. The number of aliphatic hydroxyl groups is 1. The van der Waals surface area contributed by atoms with Gasteiger partial charge in [-0.05, 0) is 18.8 Å². The molecule has 0 spiro atoms. The summed E-state index contributed by atoms with van der Waals surface area (Å²) in [5, 5.41) is 10.0. The Morgan fingerprint density at radius 2 is 0.711 bits per heavy atom. The van der Waals surface area contributed by atoms with Crippen LogP contribution >= 0.6 is 0 Å². The first-order valence-corrected chi connectivity index (χ1v) is 19.9. The average Bonchev–Trinajstić information content (AvgIpc) is 3.02. The van der Waals surface area contributed by atoms with Crippen LogP contribution < -0.4 is 0 Å². The highest BCUT2D eigenvalue weighted by Crippen LogP contribution is 2.16. The summed E-state index contributed by atoms with van der Waals surface area (Å²) in [6.45, 7) is 6.68. The topological polar surface area (TPSA) is 72.8 Å². The van der Waals surface area contributed by atoms with Gasteiger partial charge in [0.1, 0.15) is 19.3 Å².